The van der Waals surface area contributed by atoms with Crippen molar-refractivity contribution in [2.75, 3.05) is 66.2 Å². The van der Waals surface area contributed by atoms with Gasteiger partial charge in [0, 0.05) is 46.4 Å². The summed E-state index contributed by atoms with van der Waals surface area (Å²) >= 11 is 0. The van der Waals surface area contributed by atoms with Crippen LogP contribution in [-0.4, -0.2) is 77.1 Å². The predicted molar refractivity (Wildman–Crippen MR) is 82.3 cm³/mol. The number of hydrogen-bond acceptors (Lipinski definition) is 4. The molecule has 0 bridgehead atoms. The van der Waals surface area contributed by atoms with Gasteiger partial charge in [-0.25, -0.2) is 0 Å². The van der Waals surface area contributed by atoms with E-state index in [1.807, 2.05) is 6.92 Å². The van der Waals surface area contributed by atoms with E-state index >= 15 is 0 Å². The quantitative estimate of drug-likeness (QED) is 0.378. The fraction of sp³-hybridized carbons (Fsp3) is 0.929. The summed E-state index contributed by atoms with van der Waals surface area (Å²) in [5.41, 5.74) is 0. The second-order valence-electron chi connectivity index (χ2n) is 5.09. The van der Waals surface area contributed by atoms with Crippen LogP contribution in [-0.2, 0) is 9.47 Å². The first kappa shape index (κ1) is 17.2. The number of nitrogens with one attached hydrogen (secondary N) is 2. The highest BCUT2D eigenvalue weighted by Crippen LogP contribution is 2.02. The molecule has 0 saturated carbocycles. The summed E-state index contributed by atoms with van der Waals surface area (Å²) in [6.45, 7) is 12.4. The lowest BCUT2D eigenvalue weighted by atomic mass is 10.1. The van der Waals surface area contributed by atoms with Crippen LogP contribution in [0.2, 0.25) is 0 Å². The van der Waals surface area contributed by atoms with Crippen LogP contribution in [0.25, 0.3) is 0 Å². The minimum Gasteiger partial charge on any atom is -0.380 e. The van der Waals surface area contributed by atoms with Crippen LogP contribution in [0.4, 0.5) is 0 Å². The summed E-state index contributed by atoms with van der Waals surface area (Å²) in [5.74, 6) is 1.43. The largest absolute Gasteiger partial charge is 0.380 e. The molecule has 0 radical (unpaired) electrons. The Bertz CT molecular complexity index is 268. The smallest absolute Gasteiger partial charge is 0.191 e. The molecule has 2 N–H and O–H groups in total. The van der Waals surface area contributed by atoms with Crippen LogP contribution in [0.3, 0.4) is 0 Å². The molecule has 6 nitrogen and oxygen atoms in total. The Morgan fingerprint density at radius 3 is 2.75 bits per heavy atom. The SMILES string of the molecule is CCOCCNC(=NC)NCC(C)CN1CCOCC1. The van der Waals surface area contributed by atoms with Crippen molar-refractivity contribution >= 4 is 5.96 Å². The van der Waals surface area contributed by atoms with E-state index in [2.05, 4.69) is 27.4 Å². The van der Waals surface area contributed by atoms with E-state index in [-0.39, 0.29) is 0 Å². The molecule has 118 valence electrons. The Kier molecular flexibility index (Phi) is 9.36. The number of nitrogens with zero attached hydrogens (tertiary/aromatic N) is 2. The predicted octanol–water partition coefficient (Wildman–Crippen LogP) is 0.156. The minimum absolute atomic E-state index is 0.582. The molecule has 1 heterocycles. The van der Waals surface area contributed by atoms with E-state index in [1.165, 1.54) is 0 Å². The lowest BCUT2D eigenvalue weighted by molar-refractivity contribution is 0.0320. The lowest BCUT2D eigenvalue weighted by Gasteiger charge is -2.29. The Morgan fingerprint density at radius 2 is 2.10 bits per heavy atom. The Labute approximate surface area is 122 Å². The molecule has 1 fully saturated rings. The number of hydrogen-bond donors (Lipinski definition) is 2. The molecule has 0 spiro atoms. The van der Waals surface area contributed by atoms with Gasteiger partial charge in [-0.2, -0.15) is 0 Å². The van der Waals surface area contributed by atoms with E-state index in [9.17, 15) is 0 Å². The average Bonchev–Trinajstić information content (AvgIpc) is 2.47. The van der Waals surface area contributed by atoms with Gasteiger partial charge in [0.1, 0.15) is 0 Å². The van der Waals surface area contributed by atoms with Gasteiger partial charge < -0.3 is 20.1 Å². The first-order valence-corrected chi connectivity index (χ1v) is 7.58. The molecule has 0 aromatic heterocycles. The van der Waals surface area contributed by atoms with Crippen molar-refractivity contribution in [2.45, 2.75) is 13.8 Å². The van der Waals surface area contributed by atoms with Gasteiger partial charge in [0.05, 0.1) is 19.8 Å². The van der Waals surface area contributed by atoms with Crippen LogP contribution in [0.15, 0.2) is 4.99 Å². The van der Waals surface area contributed by atoms with Crippen molar-refractivity contribution in [1.29, 1.82) is 0 Å². The van der Waals surface area contributed by atoms with Crippen molar-refractivity contribution in [1.82, 2.24) is 15.5 Å². The molecule has 1 saturated heterocycles. The molecule has 0 aromatic carbocycles. The fourth-order valence-electron chi connectivity index (χ4n) is 2.17. The van der Waals surface area contributed by atoms with Gasteiger partial charge in [0.15, 0.2) is 5.96 Å². The van der Waals surface area contributed by atoms with Crippen LogP contribution in [0.1, 0.15) is 13.8 Å². The van der Waals surface area contributed by atoms with Crippen molar-refractivity contribution in [3.05, 3.63) is 0 Å². The van der Waals surface area contributed by atoms with Crippen LogP contribution >= 0.6 is 0 Å². The summed E-state index contributed by atoms with van der Waals surface area (Å²) in [4.78, 5) is 6.67. The van der Waals surface area contributed by atoms with Crippen LogP contribution < -0.4 is 10.6 Å². The molecule has 1 aliphatic rings. The highest BCUT2D eigenvalue weighted by atomic mass is 16.5. The molecule has 20 heavy (non-hydrogen) atoms. The maximum Gasteiger partial charge on any atom is 0.191 e. The third-order valence-electron chi connectivity index (χ3n) is 3.26. The van der Waals surface area contributed by atoms with Gasteiger partial charge in [-0.15, -0.1) is 0 Å². The van der Waals surface area contributed by atoms with Crippen LogP contribution in [0, 0.1) is 5.92 Å². The van der Waals surface area contributed by atoms with Gasteiger partial charge >= 0.3 is 0 Å². The summed E-state index contributed by atoms with van der Waals surface area (Å²) in [5, 5.41) is 6.60. The highest BCUT2D eigenvalue weighted by Gasteiger charge is 2.13. The van der Waals surface area contributed by atoms with Gasteiger partial charge in [-0.05, 0) is 12.8 Å². The second-order valence-corrected chi connectivity index (χ2v) is 5.09. The summed E-state index contributed by atoms with van der Waals surface area (Å²) < 4.78 is 10.7. The second kappa shape index (κ2) is 10.9. The van der Waals surface area contributed by atoms with E-state index in [1.54, 1.807) is 7.05 Å². The molecule has 1 atom stereocenters. The maximum atomic E-state index is 5.36. The monoisotopic (exact) mass is 286 g/mol. The third kappa shape index (κ3) is 7.67. The summed E-state index contributed by atoms with van der Waals surface area (Å²) in [6, 6.07) is 0. The molecule has 1 rings (SSSR count). The van der Waals surface area contributed by atoms with Crippen LogP contribution in [0.5, 0.6) is 0 Å². The number of guanidine groups is 1. The van der Waals surface area contributed by atoms with Gasteiger partial charge in [0.2, 0.25) is 0 Å². The fourth-order valence-corrected chi connectivity index (χ4v) is 2.17. The molecule has 0 aromatic rings. The zero-order valence-corrected chi connectivity index (χ0v) is 13.2. The molecule has 1 aliphatic heterocycles. The molecular formula is C14H30N4O2. The molecule has 0 amide bonds. The summed E-state index contributed by atoms with van der Waals surface area (Å²) in [7, 11) is 1.79. The normalized spacial score (nSPS) is 18.9. The average molecular weight is 286 g/mol. The van der Waals surface area contributed by atoms with Crippen molar-refractivity contribution < 1.29 is 9.47 Å². The van der Waals surface area contributed by atoms with Crippen molar-refractivity contribution in [3.8, 4) is 0 Å². The van der Waals surface area contributed by atoms with E-state index < -0.39 is 0 Å². The molecule has 0 aliphatic carbocycles. The van der Waals surface area contributed by atoms with E-state index in [0.29, 0.717) is 12.5 Å². The number of morpholine rings is 1. The van der Waals surface area contributed by atoms with Gasteiger partial charge in [0.25, 0.3) is 0 Å². The Hall–Kier alpha value is -0.850. The zero-order chi connectivity index (χ0) is 14.6. The maximum absolute atomic E-state index is 5.36. The van der Waals surface area contributed by atoms with E-state index in [0.717, 1.165) is 58.5 Å². The van der Waals surface area contributed by atoms with Crippen molar-refractivity contribution in [3.63, 3.8) is 0 Å². The number of aliphatic imine (C=N–C) groups is 1. The number of rotatable bonds is 8. The summed E-state index contributed by atoms with van der Waals surface area (Å²) in [6.07, 6.45) is 0. The van der Waals surface area contributed by atoms with E-state index in [4.69, 9.17) is 9.47 Å². The lowest BCUT2D eigenvalue weighted by Crippen LogP contribution is -2.44. The molecule has 6 heteroatoms. The zero-order valence-electron chi connectivity index (χ0n) is 13.2. The third-order valence-corrected chi connectivity index (χ3v) is 3.26. The minimum atomic E-state index is 0.582. The first-order valence-electron chi connectivity index (χ1n) is 7.58. The Morgan fingerprint density at radius 1 is 1.35 bits per heavy atom. The Balaban J connectivity index is 2.12. The number of ether oxygens (including phenoxy) is 2. The first-order chi connectivity index (χ1) is 9.76. The van der Waals surface area contributed by atoms with Gasteiger partial charge in [-0.1, -0.05) is 6.92 Å². The van der Waals surface area contributed by atoms with Gasteiger partial charge in [-0.3, -0.25) is 9.89 Å². The highest BCUT2D eigenvalue weighted by molar-refractivity contribution is 5.79. The van der Waals surface area contributed by atoms with Crippen molar-refractivity contribution in [2.24, 2.45) is 10.9 Å². The molecule has 1 unspecified atom stereocenters. The standard InChI is InChI=1S/C14H30N4O2/c1-4-19-8-5-16-14(15-3)17-11-13(2)12-18-6-9-20-10-7-18/h13H,4-12H2,1-3H3,(H2,15,16,17). The molecular weight excluding hydrogens is 256 g/mol. The topological polar surface area (TPSA) is 58.1 Å².